The van der Waals surface area contributed by atoms with Crippen molar-refractivity contribution in [3.8, 4) is 11.5 Å². The average molecular weight is 345 g/mol. The maximum atomic E-state index is 12.9. The van der Waals surface area contributed by atoms with E-state index in [0.717, 1.165) is 19.4 Å². The van der Waals surface area contributed by atoms with Crippen LogP contribution in [0.15, 0.2) is 22.7 Å². The summed E-state index contributed by atoms with van der Waals surface area (Å²) in [5.41, 5.74) is 0.592. The molecular weight excluding hydrogens is 322 g/mol. The highest BCUT2D eigenvalue weighted by atomic mass is 16.5. The fourth-order valence-electron chi connectivity index (χ4n) is 3.11. The van der Waals surface area contributed by atoms with E-state index < -0.39 is 0 Å². The minimum atomic E-state index is -0.0199. The van der Waals surface area contributed by atoms with Gasteiger partial charge in [-0.05, 0) is 38.0 Å². The monoisotopic (exact) mass is 345 g/mol. The number of rotatable bonds is 5. The summed E-state index contributed by atoms with van der Waals surface area (Å²) in [5, 5.41) is 4.01. The van der Waals surface area contributed by atoms with Gasteiger partial charge < -0.3 is 18.9 Å². The fourth-order valence-corrected chi connectivity index (χ4v) is 3.11. The Hall–Kier alpha value is -2.57. The zero-order valence-electron chi connectivity index (χ0n) is 14.8. The molecule has 7 heteroatoms. The second-order valence-corrected chi connectivity index (χ2v) is 6.06. The lowest BCUT2D eigenvalue weighted by Gasteiger charge is -2.31. The van der Waals surface area contributed by atoms with Gasteiger partial charge in [0.05, 0.1) is 13.7 Å². The van der Waals surface area contributed by atoms with Crippen LogP contribution in [0.1, 0.15) is 47.8 Å². The van der Waals surface area contributed by atoms with E-state index in [2.05, 4.69) is 10.1 Å². The summed E-state index contributed by atoms with van der Waals surface area (Å²) in [7, 11) is 1.58. The number of nitrogens with zero attached hydrogens (tertiary/aromatic N) is 3. The van der Waals surface area contributed by atoms with Gasteiger partial charge in [0, 0.05) is 31.5 Å². The summed E-state index contributed by atoms with van der Waals surface area (Å²) in [4.78, 5) is 19.1. The first-order valence-electron chi connectivity index (χ1n) is 8.52. The Morgan fingerprint density at radius 2 is 2.24 bits per heavy atom. The fraction of sp³-hybridized carbons (Fsp3) is 0.500. The van der Waals surface area contributed by atoms with E-state index in [1.807, 2.05) is 11.8 Å². The average Bonchev–Trinajstić information content (AvgIpc) is 3.08. The summed E-state index contributed by atoms with van der Waals surface area (Å²) in [5.74, 6) is 2.53. The molecule has 2 heterocycles. The highest BCUT2D eigenvalue weighted by Gasteiger charge is 2.28. The van der Waals surface area contributed by atoms with Crippen LogP contribution in [-0.2, 0) is 0 Å². The van der Waals surface area contributed by atoms with Crippen LogP contribution in [0.2, 0.25) is 0 Å². The summed E-state index contributed by atoms with van der Waals surface area (Å²) >= 11 is 0. The van der Waals surface area contributed by atoms with Crippen molar-refractivity contribution in [3.05, 3.63) is 35.5 Å². The molecule has 25 heavy (non-hydrogen) atoms. The number of aryl methyl sites for hydroxylation is 1. The van der Waals surface area contributed by atoms with Gasteiger partial charge in [-0.1, -0.05) is 5.16 Å². The molecule has 0 aliphatic carbocycles. The molecule has 1 saturated heterocycles. The molecule has 0 radical (unpaired) electrons. The molecule has 0 N–H and O–H groups in total. The van der Waals surface area contributed by atoms with E-state index >= 15 is 0 Å². The Morgan fingerprint density at radius 1 is 1.40 bits per heavy atom. The van der Waals surface area contributed by atoms with Gasteiger partial charge in [-0.3, -0.25) is 4.79 Å². The molecule has 1 fully saturated rings. The number of aromatic nitrogens is 2. The van der Waals surface area contributed by atoms with Gasteiger partial charge in [0.25, 0.3) is 5.91 Å². The maximum Gasteiger partial charge on any atom is 0.254 e. The molecule has 7 nitrogen and oxygen atoms in total. The van der Waals surface area contributed by atoms with Gasteiger partial charge in [-0.2, -0.15) is 4.98 Å². The molecule has 134 valence electrons. The SMILES string of the molecule is CCOc1cc(C(=O)N2CCC[C@@H](c3noc(C)n3)C2)ccc1OC. The van der Waals surface area contributed by atoms with Crippen LogP contribution >= 0.6 is 0 Å². The van der Waals surface area contributed by atoms with E-state index in [9.17, 15) is 4.79 Å². The van der Waals surface area contributed by atoms with Crippen LogP contribution in [0, 0.1) is 6.92 Å². The van der Waals surface area contributed by atoms with Crippen LogP contribution in [0.5, 0.6) is 11.5 Å². The van der Waals surface area contributed by atoms with E-state index in [1.54, 1.807) is 32.2 Å². The maximum absolute atomic E-state index is 12.9. The molecule has 1 aliphatic rings. The number of hydrogen-bond donors (Lipinski definition) is 0. The third kappa shape index (κ3) is 3.75. The predicted molar refractivity (Wildman–Crippen MR) is 91.1 cm³/mol. The zero-order chi connectivity index (χ0) is 17.8. The quantitative estimate of drug-likeness (QED) is 0.829. The number of carbonyl (C=O) groups is 1. The Morgan fingerprint density at radius 3 is 2.92 bits per heavy atom. The zero-order valence-corrected chi connectivity index (χ0v) is 14.8. The third-order valence-corrected chi connectivity index (χ3v) is 4.33. The number of benzene rings is 1. The highest BCUT2D eigenvalue weighted by Crippen LogP contribution is 2.30. The van der Waals surface area contributed by atoms with Crippen molar-refractivity contribution in [1.82, 2.24) is 15.0 Å². The lowest BCUT2D eigenvalue weighted by molar-refractivity contribution is 0.0703. The first kappa shape index (κ1) is 17.3. The first-order chi connectivity index (χ1) is 12.1. The Kier molecular flexibility index (Phi) is 5.21. The summed E-state index contributed by atoms with van der Waals surface area (Å²) in [6.45, 7) is 5.50. The van der Waals surface area contributed by atoms with Crippen molar-refractivity contribution in [2.45, 2.75) is 32.6 Å². The number of methoxy groups -OCH3 is 1. The number of ether oxygens (including phenoxy) is 2. The molecule has 0 saturated carbocycles. The van der Waals surface area contributed by atoms with Crippen LogP contribution in [0.4, 0.5) is 0 Å². The van der Waals surface area contributed by atoms with E-state index in [0.29, 0.717) is 41.9 Å². The van der Waals surface area contributed by atoms with E-state index in [1.165, 1.54) is 0 Å². The van der Waals surface area contributed by atoms with Gasteiger partial charge in [0.15, 0.2) is 17.3 Å². The molecule has 1 amide bonds. The number of hydrogen-bond acceptors (Lipinski definition) is 6. The second kappa shape index (κ2) is 7.55. The van der Waals surface area contributed by atoms with Crippen molar-refractivity contribution >= 4 is 5.91 Å². The molecule has 0 bridgehead atoms. The standard InChI is InChI=1S/C18H23N3O4/c1-4-24-16-10-13(7-8-15(16)23-3)18(22)21-9-5-6-14(11-21)17-19-12(2)25-20-17/h7-8,10,14H,4-6,9,11H2,1-3H3/t14-/m1/s1. The molecule has 0 unspecified atom stereocenters. The van der Waals surface area contributed by atoms with Gasteiger partial charge >= 0.3 is 0 Å². The predicted octanol–water partition coefficient (Wildman–Crippen LogP) is 2.81. The van der Waals surface area contributed by atoms with Crippen molar-refractivity contribution < 1.29 is 18.8 Å². The highest BCUT2D eigenvalue weighted by molar-refractivity contribution is 5.95. The molecule has 0 spiro atoms. The lowest BCUT2D eigenvalue weighted by atomic mass is 9.96. The summed E-state index contributed by atoms with van der Waals surface area (Å²) < 4.78 is 15.9. The van der Waals surface area contributed by atoms with E-state index in [4.69, 9.17) is 14.0 Å². The number of likely N-dealkylation sites (tertiary alicyclic amines) is 1. The Bertz CT molecular complexity index is 744. The van der Waals surface area contributed by atoms with Crippen LogP contribution in [0.3, 0.4) is 0 Å². The topological polar surface area (TPSA) is 77.7 Å². The van der Waals surface area contributed by atoms with E-state index in [-0.39, 0.29) is 11.8 Å². The molecule has 1 aromatic carbocycles. The second-order valence-electron chi connectivity index (χ2n) is 6.06. The van der Waals surface area contributed by atoms with Crippen LogP contribution in [0.25, 0.3) is 0 Å². The number of piperidine rings is 1. The number of amides is 1. The summed E-state index contributed by atoms with van der Waals surface area (Å²) in [6.07, 6.45) is 1.87. The largest absolute Gasteiger partial charge is 0.493 e. The molecule has 1 aliphatic heterocycles. The lowest BCUT2D eigenvalue weighted by Crippen LogP contribution is -2.39. The molecule has 2 aromatic rings. The first-order valence-corrected chi connectivity index (χ1v) is 8.52. The number of carbonyl (C=O) groups excluding carboxylic acids is 1. The Labute approximate surface area is 146 Å². The minimum absolute atomic E-state index is 0.0199. The van der Waals surface area contributed by atoms with Crippen molar-refractivity contribution in [2.24, 2.45) is 0 Å². The normalized spacial score (nSPS) is 17.4. The van der Waals surface area contributed by atoms with Gasteiger partial charge in [0.1, 0.15) is 0 Å². The molecular formula is C18H23N3O4. The summed E-state index contributed by atoms with van der Waals surface area (Å²) in [6, 6.07) is 5.28. The van der Waals surface area contributed by atoms with Crippen LogP contribution in [-0.4, -0.2) is 47.8 Å². The minimum Gasteiger partial charge on any atom is -0.493 e. The molecule has 1 aromatic heterocycles. The van der Waals surface area contributed by atoms with Crippen molar-refractivity contribution in [1.29, 1.82) is 0 Å². The van der Waals surface area contributed by atoms with Gasteiger partial charge in [-0.25, -0.2) is 0 Å². The third-order valence-electron chi connectivity index (χ3n) is 4.33. The molecule has 3 rings (SSSR count). The van der Waals surface area contributed by atoms with Crippen molar-refractivity contribution in [3.63, 3.8) is 0 Å². The van der Waals surface area contributed by atoms with Gasteiger partial charge in [0.2, 0.25) is 5.89 Å². The Balaban J connectivity index is 1.77. The van der Waals surface area contributed by atoms with Crippen LogP contribution < -0.4 is 9.47 Å². The smallest absolute Gasteiger partial charge is 0.254 e. The van der Waals surface area contributed by atoms with Crippen molar-refractivity contribution in [2.75, 3.05) is 26.8 Å². The molecule has 1 atom stereocenters. The van der Waals surface area contributed by atoms with Gasteiger partial charge in [-0.15, -0.1) is 0 Å².